The number of hydrogen-bond acceptors (Lipinski definition) is 8. The summed E-state index contributed by atoms with van der Waals surface area (Å²) in [5, 5.41) is 18.0. The molecule has 1 saturated carbocycles. The molecule has 4 aromatic rings. The van der Waals surface area contributed by atoms with Crippen LogP contribution >= 0.6 is 11.8 Å². The quantitative estimate of drug-likeness (QED) is 0.0956. The second-order valence-electron chi connectivity index (χ2n) is 13.0. The number of nitrogens with zero attached hydrogens (tertiary/aromatic N) is 4. The zero-order valence-electron chi connectivity index (χ0n) is 30.2. The SMILES string of the molecule is O=C(O)c1ccccn1.[C-]#[N+]c1c(SCC(=O)O)[n-]c(/C=C2\N=C(C)C(C(=O)OC3C(C)CC(C)CC3C)=C2c2ccccc2)c1-c1ccccc1.[O]=[V]. The van der Waals surface area contributed by atoms with Crippen molar-refractivity contribution in [3.63, 3.8) is 0 Å². The van der Waals surface area contributed by atoms with Crippen molar-refractivity contribution in [3.8, 4) is 11.1 Å². The molecule has 2 aromatic carbocycles. The molecule has 1 aliphatic carbocycles. The first-order valence-corrected chi connectivity index (χ1v) is 18.6. The minimum atomic E-state index is -0.991. The van der Waals surface area contributed by atoms with E-state index in [0.29, 0.717) is 50.4 Å². The molecular formula is C41H39N4O7SV-. The molecule has 2 atom stereocenters. The molecule has 2 N–H and O–H groups in total. The van der Waals surface area contributed by atoms with E-state index in [1.807, 2.05) is 67.6 Å². The Balaban J connectivity index is 0.000000512. The third kappa shape index (κ3) is 10.2. The molecule has 0 bridgehead atoms. The summed E-state index contributed by atoms with van der Waals surface area (Å²) < 4.78 is 14.4. The number of carboxylic acid groups (broad SMARTS) is 2. The van der Waals surface area contributed by atoms with Gasteiger partial charge in [-0.05, 0) is 66.3 Å². The number of pyridine rings is 1. The number of aromatic carboxylic acids is 1. The van der Waals surface area contributed by atoms with Gasteiger partial charge in [0.15, 0.2) is 5.69 Å². The van der Waals surface area contributed by atoms with Crippen LogP contribution in [0.4, 0.5) is 5.69 Å². The number of rotatable bonds is 9. The van der Waals surface area contributed by atoms with Crippen LogP contribution in [0.25, 0.3) is 27.6 Å². The molecule has 0 spiro atoms. The fourth-order valence-corrected chi connectivity index (χ4v) is 7.56. The summed E-state index contributed by atoms with van der Waals surface area (Å²) in [4.78, 5) is 52.3. The van der Waals surface area contributed by atoms with Gasteiger partial charge in [0.2, 0.25) is 0 Å². The van der Waals surface area contributed by atoms with Crippen molar-refractivity contribution in [1.29, 1.82) is 0 Å². The van der Waals surface area contributed by atoms with E-state index in [1.54, 1.807) is 18.2 Å². The first-order valence-electron chi connectivity index (χ1n) is 17.1. The summed E-state index contributed by atoms with van der Waals surface area (Å²) in [7, 11) is 0. The number of carbonyl (C=O) groups excluding carboxylic acids is 1. The standard InChI is InChI=1S/C35H35N3O4S.C6H5NO2.O.V/c1-20-16-21(2)33(22(3)17-20)42-35(41)29-23(4)37-26(30(29)24-12-8-6-9-13-24)18-27-31(25-14-10-7-11-15-25)32(36-5)34(38-27)43-19-28(39)40;8-6(9)5-3-1-2-4-7-5;;/h6-15,18,20-22,33H,16-17,19H2,1-4H3,(H2,37,38,39,40,41);1-4H,(H,8,9);;/p-1. The third-order valence-electron chi connectivity index (χ3n) is 8.92. The molecule has 277 valence electrons. The van der Waals surface area contributed by atoms with Gasteiger partial charge in [0.1, 0.15) is 11.8 Å². The number of benzene rings is 2. The summed E-state index contributed by atoms with van der Waals surface area (Å²) in [6, 6.07) is 23.8. The summed E-state index contributed by atoms with van der Waals surface area (Å²) in [6.07, 6.45) is 5.10. The van der Waals surface area contributed by atoms with E-state index >= 15 is 0 Å². The van der Waals surface area contributed by atoms with Crippen LogP contribution in [0.1, 0.15) is 62.3 Å². The second-order valence-corrected chi connectivity index (χ2v) is 13.9. The van der Waals surface area contributed by atoms with Gasteiger partial charge in [0, 0.05) is 11.8 Å². The van der Waals surface area contributed by atoms with Gasteiger partial charge in [-0.15, -0.1) is 5.69 Å². The number of carboxylic acids is 2. The molecule has 2 aliphatic rings. The van der Waals surface area contributed by atoms with Crippen LogP contribution in [0.5, 0.6) is 0 Å². The number of carbonyl (C=O) groups is 3. The van der Waals surface area contributed by atoms with E-state index in [-0.39, 0.29) is 35.4 Å². The molecule has 0 saturated heterocycles. The predicted molar refractivity (Wildman–Crippen MR) is 203 cm³/mol. The number of aromatic nitrogens is 2. The van der Waals surface area contributed by atoms with Gasteiger partial charge in [0.05, 0.1) is 29.3 Å². The zero-order chi connectivity index (χ0) is 39.4. The van der Waals surface area contributed by atoms with Crippen molar-refractivity contribution < 1.29 is 50.4 Å². The van der Waals surface area contributed by atoms with Crippen LogP contribution < -0.4 is 4.98 Å². The van der Waals surface area contributed by atoms with E-state index in [1.165, 1.54) is 12.3 Å². The molecule has 6 rings (SSSR count). The Labute approximate surface area is 327 Å². The van der Waals surface area contributed by atoms with Crippen LogP contribution in [-0.4, -0.2) is 50.7 Å². The van der Waals surface area contributed by atoms with Crippen LogP contribution in [0.3, 0.4) is 0 Å². The number of esters is 1. The summed E-state index contributed by atoms with van der Waals surface area (Å²) in [5.74, 6) is -1.48. The van der Waals surface area contributed by atoms with Gasteiger partial charge in [-0.2, -0.15) is 11.8 Å². The van der Waals surface area contributed by atoms with E-state index in [0.717, 1.165) is 53.1 Å². The Bertz CT molecular complexity index is 2080. The monoisotopic (exact) mass is 782 g/mol. The first kappa shape index (κ1) is 41.4. The topological polar surface area (TPSA) is 162 Å². The van der Waals surface area contributed by atoms with Gasteiger partial charge < -0.3 is 19.9 Å². The van der Waals surface area contributed by atoms with Crippen molar-refractivity contribution in [2.75, 3.05) is 5.75 Å². The fraction of sp³-hybridized carbons (Fsp3) is 0.268. The number of aliphatic imine (C=N–C) groups is 1. The molecule has 13 heteroatoms. The van der Waals surface area contributed by atoms with Crippen molar-refractivity contribution in [3.05, 3.63) is 125 Å². The van der Waals surface area contributed by atoms with E-state index in [9.17, 15) is 19.5 Å². The molecule has 11 nitrogen and oxygen atoms in total. The number of hydrogen-bond donors (Lipinski definition) is 2. The maximum absolute atomic E-state index is 13.9. The van der Waals surface area contributed by atoms with Gasteiger partial charge >= 0.3 is 39.0 Å². The zero-order valence-corrected chi connectivity index (χ0v) is 32.4. The molecule has 0 radical (unpaired) electrons. The van der Waals surface area contributed by atoms with Crippen molar-refractivity contribution in [2.45, 2.75) is 51.7 Å². The van der Waals surface area contributed by atoms with Gasteiger partial charge in [-0.1, -0.05) is 98.6 Å². The van der Waals surface area contributed by atoms with Gasteiger partial charge in [-0.3, -0.25) is 9.79 Å². The van der Waals surface area contributed by atoms with Crippen molar-refractivity contribution >= 4 is 52.7 Å². The molecule has 54 heavy (non-hydrogen) atoms. The van der Waals surface area contributed by atoms with Crippen LogP contribution in [-0.2, 0) is 35.4 Å². The molecule has 2 unspecified atom stereocenters. The molecular weight excluding hydrogens is 743 g/mol. The average molecular weight is 783 g/mol. The maximum atomic E-state index is 13.9. The van der Waals surface area contributed by atoms with E-state index in [2.05, 4.69) is 30.6 Å². The predicted octanol–water partition coefficient (Wildman–Crippen LogP) is 8.58. The molecule has 1 fully saturated rings. The normalized spacial score (nSPS) is 19.7. The molecule has 0 amide bonds. The van der Waals surface area contributed by atoms with E-state index in [4.69, 9.17) is 30.1 Å². The average Bonchev–Trinajstić information content (AvgIpc) is 3.70. The number of thioether (sulfide) groups is 1. The molecule has 2 aromatic heterocycles. The Morgan fingerprint density at radius 1 is 0.944 bits per heavy atom. The van der Waals surface area contributed by atoms with Gasteiger partial charge in [-0.25, -0.2) is 19.4 Å². The van der Waals surface area contributed by atoms with Crippen LogP contribution in [0.15, 0.2) is 106 Å². The van der Waals surface area contributed by atoms with Crippen LogP contribution in [0, 0.1) is 24.3 Å². The minimum absolute atomic E-state index is 0.0810. The second kappa shape index (κ2) is 19.7. The number of ether oxygens (including phenoxy) is 1. The van der Waals surface area contributed by atoms with Gasteiger partial charge in [0.25, 0.3) is 0 Å². The summed E-state index contributed by atoms with van der Waals surface area (Å²) >= 11 is 2.08. The Morgan fingerprint density at radius 2 is 1.54 bits per heavy atom. The third-order valence-corrected chi connectivity index (χ3v) is 9.87. The van der Waals surface area contributed by atoms with Crippen LogP contribution in [0.2, 0.25) is 0 Å². The fourth-order valence-electron chi connectivity index (χ4n) is 6.86. The molecule has 1 aliphatic heterocycles. The Morgan fingerprint density at radius 3 is 2.06 bits per heavy atom. The van der Waals surface area contributed by atoms with E-state index < -0.39 is 11.9 Å². The number of aliphatic carboxylic acids is 1. The Hall–Kier alpha value is -5.35. The Kier molecular flexibility index (Phi) is 15.1. The number of allylic oxidation sites excluding steroid dienone is 1. The molecule has 3 heterocycles. The van der Waals surface area contributed by atoms with Crippen molar-refractivity contribution in [1.82, 2.24) is 9.97 Å². The van der Waals surface area contributed by atoms with Crippen molar-refractivity contribution in [2.24, 2.45) is 22.7 Å². The summed E-state index contributed by atoms with van der Waals surface area (Å²) in [5.41, 5.74) is 5.24. The summed E-state index contributed by atoms with van der Waals surface area (Å²) in [6.45, 7) is 16.3. The first-order chi connectivity index (χ1) is 26.0.